The molecule has 0 N–H and O–H groups in total. The number of ketones is 2. The van der Waals surface area contributed by atoms with Gasteiger partial charge in [-0.15, -0.1) is 11.3 Å². The number of rotatable bonds is 4. The minimum atomic E-state index is -3.71. The lowest BCUT2D eigenvalue weighted by molar-refractivity contribution is 0.101. The van der Waals surface area contributed by atoms with Crippen LogP contribution in [-0.4, -0.2) is 20.0 Å². The van der Waals surface area contributed by atoms with Gasteiger partial charge in [-0.1, -0.05) is 30.3 Å². The monoisotopic (exact) mass is 330 g/mol. The summed E-state index contributed by atoms with van der Waals surface area (Å²) in [5.41, 5.74) is 0.303. The third-order valence-corrected chi connectivity index (χ3v) is 5.52. The Morgan fingerprint density at radius 2 is 1.59 bits per heavy atom. The van der Waals surface area contributed by atoms with Gasteiger partial charge < -0.3 is 0 Å². The lowest BCUT2D eigenvalue weighted by Crippen LogP contribution is -2.14. The number of carbonyl (C=O) groups is 2. The Morgan fingerprint density at radius 3 is 2.14 bits per heavy atom. The van der Waals surface area contributed by atoms with Gasteiger partial charge in [0, 0.05) is 16.5 Å². The fraction of sp³-hybridized carbons (Fsp3) is 0. The molecule has 4 nitrogen and oxygen atoms in total. The third-order valence-electron chi connectivity index (χ3n) is 3.20. The van der Waals surface area contributed by atoms with Crippen LogP contribution in [0.15, 0.2) is 64.2 Å². The van der Waals surface area contributed by atoms with Gasteiger partial charge in [-0.2, -0.15) is 0 Å². The van der Waals surface area contributed by atoms with E-state index in [9.17, 15) is 18.0 Å². The molecule has 0 atom stereocenters. The minimum absolute atomic E-state index is 0.0967. The summed E-state index contributed by atoms with van der Waals surface area (Å²) in [6.45, 7) is 0. The SMILES string of the molecule is O=C(C1=CC=CS1(=O)=O)c1ccccc1C(=O)c1cccs1. The maximum absolute atomic E-state index is 12.5. The highest BCUT2D eigenvalue weighted by Crippen LogP contribution is 2.25. The van der Waals surface area contributed by atoms with Gasteiger partial charge in [-0.05, 0) is 23.6 Å². The highest BCUT2D eigenvalue weighted by molar-refractivity contribution is 7.99. The Morgan fingerprint density at radius 1 is 0.909 bits per heavy atom. The Kier molecular flexibility index (Phi) is 3.64. The molecule has 3 rings (SSSR count). The smallest absolute Gasteiger partial charge is 0.205 e. The zero-order chi connectivity index (χ0) is 15.7. The minimum Gasteiger partial charge on any atom is -0.288 e. The molecular weight excluding hydrogens is 320 g/mol. The molecule has 1 aromatic heterocycles. The topological polar surface area (TPSA) is 68.3 Å². The average Bonchev–Trinajstić information content (AvgIpc) is 3.15. The van der Waals surface area contributed by atoms with Crippen LogP contribution in [0, 0.1) is 0 Å². The molecule has 2 aromatic rings. The maximum atomic E-state index is 12.5. The van der Waals surface area contributed by atoms with Crippen molar-refractivity contribution in [3.63, 3.8) is 0 Å². The van der Waals surface area contributed by atoms with E-state index in [0.717, 1.165) is 5.41 Å². The van der Waals surface area contributed by atoms with E-state index < -0.39 is 15.6 Å². The largest absolute Gasteiger partial charge is 0.288 e. The van der Waals surface area contributed by atoms with Gasteiger partial charge in [0.2, 0.25) is 21.4 Å². The number of thiophene rings is 1. The fourth-order valence-electron chi connectivity index (χ4n) is 2.16. The first-order chi connectivity index (χ1) is 10.5. The highest BCUT2D eigenvalue weighted by atomic mass is 32.2. The summed E-state index contributed by atoms with van der Waals surface area (Å²) in [5.74, 6) is -0.951. The van der Waals surface area contributed by atoms with Crippen LogP contribution < -0.4 is 0 Å². The first kappa shape index (κ1) is 14.6. The van der Waals surface area contributed by atoms with Crippen molar-refractivity contribution in [3.05, 3.63) is 80.2 Å². The van der Waals surface area contributed by atoms with Crippen LogP contribution in [0.2, 0.25) is 0 Å². The van der Waals surface area contributed by atoms with Gasteiger partial charge in [0.1, 0.15) is 4.91 Å². The second-order valence-electron chi connectivity index (χ2n) is 4.59. The van der Waals surface area contributed by atoms with Crippen LogP contribution in [0.25, 0.3) is 0 Å². The Bertz CT molecular complexity index is 917. The van der Waals surface area contributed by atoms with E-state index in [1.165, 1.54) is 35.6 Å². The summed E-state index contributed by atoms with van der Waals surface area (Å²) in [6.07, 6.45) is 2.57. The second kappa shape index (κ2) is 5.47. The molecule has 0 bridgehead atoms. The van der Waals surface area contributed by atoms with E-state index in [2.05, 4.69) is 0 Å². The molecule has 0 saturated heterocycles. The zero-order valence-corrected chi connectivity index (χ0v) is 12.9. The third kappa shape index (κ3) is 2.47. The van der Waals surface area contributed by atoms with Crippen LogP contribution in [0.1, 0.15) is 25.6 Å². The van der Waals surface area contributed by atoms with Gasteiger partial charge in [0.15, 0.2) is 0 Å². The summed E-state index contributed by atoms with van der Waals surface area (Å²) in [7, 11) is -3.71. The van der Waals surface area contributed by atoms with E-state index in [1.807, 2.05) is 0 Å². The molecule has 0 saturated carbocycles. The van der Waals surface area contributed by atoms with Crippen molar-refractivity contribution in [1.29, 1.82) is 0 Å². The second-order valence-corrected chi connectivity index (χ2v) is 7.34. The van der Waals surface area contributed by atoms with E-state index in [0.29, 0.717) is 4.88 Å². The first-order valence-electron chi connectivity index (χ1n) is 6.36. The van der Waals surface area contributed by atoms with Crippen LogP contribution >= 0.6 is 11.3 Å². The summed E-state index contributed by atoms with van der Waals surface area (Å²) < 4.78 is 23.7. The van der Waals surface area contributed by atoms with Crippen LogP contribution in [0.5, 0.6) is 0 Å². The summed E-state index contributed by atoms with van der Waals surface area (Å²) >= 11 is 1.27. The van der Waals surface area contributed by atoms with Crippen LogP contribution in [0.3, 0.4) is 0 Å². The van der Waals surface area contributed by atoms with Crippen molar-refractivity contribution in [2.45, 2.75) is 0 Å². The lowest BCUT2D eigenvalue weighted by Gasteiger charge is -2.07. The first-order valence-corrected chi connectivity index (χ1v) is 8.79. The van der Waals surface area contributed by atoms with E-state index >= 15 is 0 Å². The van der Waals surface area contributed by atoms with E-state index in [4.69, 9.17) is 0 Å². The van der Waals surface area contributed by atoms with Crippen molar-refractivity contribution in [3.8, 4) is 0 Å². The molecule has 6 heteroatoms. The molecule has 2 heterocycles. The zero-order valence-electron chi connectivity index (χ0n) is 11.2. The molecule has 0 unspecified atom stereocenters. The van der Waals surface area contributed by atoms with Gasteiger partial charge in [-0.3, -0.25) is 9.59 Å². The van der Waals surface area contributed by atoms with Crippen molar-refractivity contribution in [2.75, 3.05) is 0 Å². The van der Waals surface area contributed by atoms with E-state index in [1.54, 1.807) is 29.6 Å². The quantitative estimate of drug-likeness (QED) is 0.808. The number of Topliss-reactive ketones (excluding diaryl/α,β-unsaturated/α-hetero) is 1. The number of carbonyl (C=O) groups excluding carboxylic acids is 2. The number of sulfone groups is 1. The summed E-state index contributed by atoms with van der Waals surface area (Å²) in [5, 5.41) is 2.75. The van der Waals surface area contributed by atoms with Gasteiger partial charge in [0.05, 0.1) is 4.88 Å². The number of hydrogen-bond acceptors (Lipinski definition) is 5. The molecule has 0 fully saturated rings. The molecule has 0 aliphatic carbocycles. The molecule has 1 aliphatic heterocycles. The predicted molar refractivity (Wildman–Crippen MR) is 84.7 cm³/mol. The maximum Gasteiger partial charge on any atom is 0.205 e. The summed E-state index contributed by atoms with van der Waals surface area (Å²) in [6, 6.07) is 9.67. The fourth-order valence-corrected chi connectivity index (χ4v) is 3.90. The molecule has 0 spiro atoms. The number of allylic oxidation sites excluding steroid dienone is 3. The van der Waals surface area contributed by atoms with Crippen molar-refractivity contribution >= 4 is 32.7 Å². The van der Waals surface area contributed by atoms with E-state index in [-0.39, 0.29) is 21.8 Å². The predicted octanol–water partition coefficient (Wildman–Crippen LogP) is 2.99. The molecule has 110 valence electrons. The lowest BCUT2D eigenvalue weighted by atomic mass is 9.99. The Labute approximate surface area is 131 Å². The molecule has 0 amide bonds. The van der Waals surface area contributed by atoms with Crippen LogP contribution in [-0.2, 0) is 9.84 Å². The number of hydrogen-bond donors (Lipinski definition) is 0. The number of benzene rings is 1. The molecule has 1 aromatic carbocycles. The van der Waals surface area contributed by atoms with Crippen LogP contribution in [0.4, 0.5) is 0 Å². The molecule has 0 radical (unpaired) electrons. The van der Waals surface area contributed by atoms with Gasteiger partial charge in [0.25, 0.3) is 0 Å². The van der Waals surface area contributed by atoms with Crippen molar-refractivity contribution < 1.29 is 18.0 Å². The molecule has 22 heavy (non-hydrogen) atoms. The highest BCUT2D eigenvalue weighted by Gasteiger charge is 2.29. The average molecular weight is 330 g/mol. The van der Waals surface area contributed by atoms with Crippen molar-refractivity contribution in [2.24, 2.45) is 0 Å². The Balaban J connectivity index is 2.06. The summed E-state index contributed by atoms with van der Waals surface area (Å²) in [4.78, 5) is 25.2. The standard InChI is InChI=1S/C16H10O4S2/c17-15(13-7-3-9-21-13)11-5-1-2-6-12(11)16(18)14-8-4-10-22(14,19)20/h1-10H. The Hall–Kier alpha value is -2.31. The van der Waals surface area contributed by atoms with Gasteiger partial charge in [-0.25, -0.2) is 8.42 Å². The van der Waals surface area contributed by atoms with Gasteiger partial charge >= 0.3 is 0 Å². The molecular formula is C16H10O4S2. The molecule has 1 aliphatic rings. The van der Waals surface area contributed by atoms with Crippen molar-refractivity contribution in [1.82, 2.24) is 0 Å². The normalized spacial score (nSPS) is 15.5.